The molecule has 27 heavy (non-hydrogen) atoms. The van der Waals surface area contributed by atoms with Crippen LogP contribution in [0.4, 0.5) is 11.4 Å². The molecule has 1 heterocycles. The van der Waals surface area contributed by atoms with Gasteiger partial charge in [-0.25, -0.2) is 4.98 Å². The van der Waals surface area contributed by atoms with Crippen molar-refractivity contribution in [2.24, 2.45) is 10.2 Å². The summed E-state index contributed by atoms with van der Waals surface area (Å²) in [5.41, 5.74) is 3.28. The molecule has 0 bridgehead atoms. The Morgan fingerprint density at radius 3 is 2.30 bits per heavy atom. The molecule has 0 spiro atoms. The molecule has 0 fully saturated rings. The summed E-state index contributed by atoms with van der Waals surface area (Å²) in [5, 5.41) is 38.3. The van der Waals surface area contributed by atoms with Crippen LogP contribution >= 0.6 is 11.3 Å². The fourth-order valence-electron chi connectivity index (χ4n) is 2.64. The first-order valence-corrected chi connectivity index (χ1v) is 8.95. The van der Waals surface area contributed by atoms with Gasteiger partial charge in [-0.1, -0.05) is 0 Å². The van der Waals surface area contributed by atoms with Crippen LogP contribution in [0, 0.1) is 6.92 Å². The Bertz CT molecular complexity index is 1180. The zero-order chi connectivity index (χ0) is 19.0. The molecular weight excluding hydrogens is 362 g/mol. The molecule has 4 rings (SSSR count). The number of benzene rings is 3. The minimum absolute atomic E-state index is 0.00483. The van der Waals surface area contributed by atoms with E-state index in [4.69, 9.17) is 0 Å². The molecule has 0 saturated carbocycles. The van der Waals surface area contributed by atoms with Crippen molar-refractivity contribution in [3.63, 3.8) is 0 Å². The summed E-state index contributed by atoms with van der Waals surface area (Å²) in [6.07, 6.45) is 0. The summed E-state index contributed by atoms with van der Waals surface area (Å²) in [6, 6.07) is 14.9. The maximum absolute atomic E-state index is 10.3. The van der Waals surface area contributed by atoms with Gasteiger partial charge in [0, 0.05) is 5.56 Å². The van der Waals surface area contributed by atoms with E-state index in [2.05, 4.69) is 15.2 Å². The molecule has 4 aromatic rings. The van der Waals surface area contributed by atoms with E-state index in [-0.39, 0.29) is 17.2 Å². The van der Waals surface area contributed by atoms with E-state index in [0.29, 0.717) is 11.4 Å². The lowest BCUT2D eigenvalue weighted by molar-refractivity contribution is 0.474. The summed E-state index contributed by atoms with van der Waals surface area (Å²) < 4.78 is 0.871. The standard InChI is InChI=1S/C20H15N3O3S/c1-11-8-13(24)3-6-15(11)22-23-16-5-2-12(9-18(16)26)20-21-17-7-4-14(25)10-19(17)27-20/h2-10,24-26H,1H3. The minimum Gasteiger partial charge on any atom is -0.508 e. The predicted octanol–water partition coefficient (Wildman–Crippen LogP) is 5.80. The van der Waals surface area contributed by atoms with E-state index in [1.165, 1.54) is 17.4 Å². The first kappa shape index (κ1) is 17.0. The van der Waals surface area contributed by atoms with Crippen molar-refractivity contribution in [3.8, 4) is 27.8 Å². The normalized spacial score (nSPS) is 11.4. The van der Waals surface area contributed by atoms with Crippen LogP contribution in [0.3, 0.4) is 0 Å². The molecule has 0 atom stereocenters. The van der Waals surface area contributed by atoms with Gasteiger partial charge < -0.3 is 15.3 Å². The van der Waals surface area contributed by atoms with Crippen molar-refractivity contribution in [2.75, 3.05) is 0 Å². The van der Waals surface area contributed by atoms with Crippen molar-refractivity contribution in [1.82, 2.24) is 4.98 Å². The topological polar surface area (TPSA) is 98.3 Å². The lowest BCUT2D eigenvalue weighted by atomic mass is 10.2. The number of aromatic hydroxyl groups is 3. The smallest absolute Gasteiger partial charge is 0.143 e. The van der Waals surface area contributed by atoms with Gasteiger partial charge in [0.1, 0.15) is 27.9 Å². The molecule has 1 aromatic heterocycles. The number of azo groups is 1. The number of thiazole rings is 1. The third-order valence-corrected chi connectivity index (χ3v) is 5.11. The fourth-order valence-corrected chi connectivity index (χ4v) is 3.63. The number of aryl methyl sites for hydroxylation is 1. The van der Waals surface area contributed by atoms with E-state index >= 15 is 0 Å². The molecule has 0 aliphatic carbocycles. The molecule has 3 aromatic carbocycles. The van der Waals surface area contributed by atoms with E-state index in [9.17, 15) is 15.3 Å². The van der Waals surface area contributed by atoms with Crippen LogP contribution in [0.2, 0.25) is 0 Å². The van der Waals surface area contributed by atoms with Crippen LogP contribution in [0.15, 0.2) is 64.8 Å². The molecule has 0 aliphatic heterocycles. The molecule has 7 heteroatoms. The Labute approximate surface area is 158 Å². The number of phenols is 3. The first-order chi connectivity index (χ1) is 13.0. The van der Waals surface area contributed by atoms with Gasteiger partial charge in [-0.05, 0) is 67.1 Å². The highest BCUT2D eigenvalue weighted by atomic mass is 32.1. The third-order valence-electron chi connectivity index (χ3n) is 4.04. The lowest BCUT2D eigenvalue weighted by Crippen LogP contribution is -1.77. The largest absolute Gasteiger partial charge is 0.508 e. The molecule has 0 radical (unpaired) electrons. The van der Waals surface area contributed by atoms with Gasteiger partial charge in [0.2, 0.25) is 0 Å². The van der Waals surface area contributed by atoms with Crippen molar-refractivity contribution in [2.45, 2.75) is 6.92 Å². The summed E-state index contributed by atoms with van der Waals surface area (Å²) in [5.74, 6) is 0.360. The van der Waals surface area contributed by atoms with Crippen LogP contribution in [0.25, 0.3) is 20.8 Å². The SMILES string of the molecule is Cc1cc(O)ccc1N=Nc1ccc(-c2nc3ccc(O)cc3s2)cc1O. The van der Waals surface area contributed by atoms with E-state index in [1.54, 1.807) is 42.5 Å². The second-order valence-electron chi connectivity index (χ2n) is 6.05. The molecule has 0 saturated heterocycles. The Morgan fingerprint density at radius 2 is 1.52 bits per heavy atom. The van der Waals surface area contributed by atoms with E-state index < -0.39 is 0 Å². The number of fused-ring (bicyclic) bond motifs is 1. The fraction of sp³-hybridized carbons (Fsp3) is 0.0500. The maximum atomic E-state index is 10.3. The second kappa shape index (κ2) is 6.69. The minimum atomic E-state index is -0.00483. The van der Waals surface area contributed by atoms with E-state index in [0.717, 1.165) is 26.4 Å². The third kappa shape index (κ3) is 3.45. The predicted molar refractivity (Wildman–Crippen MR) is 105 cm³/mol. The molecular formula is C20H15N3O3S. The molecule has 0 amide bonds. The zero-order valence-corrected chi connectivity index (χ0v) is 15.1. The zero-order valence-electron chi connectivity index (χ0n) is 14.3. The molecule has 0 unspecified atom stereocenters. The average molecular weight is 377 g/mol. The average Bonchev–Trinajstić information content (AvgIpc) is 3.05. The van der Waals surface area contributed by atoms with Gasteiger partial charge in [-0.15, -0.1) is 16.5 Å². The molecule has 6 nitrogen and oxygen atoms in total. The summed E-state index contributed by atoms with van der Waals surface area (Å²) in [4.78, 5) is 4.53. The second-order valence-corrected chi connectivity index (χ2v) is 7.08. The number of phenolic OH excluding ortho intramolecular Hbond substituents is 3. The van der Waals surface area contributed by atoms with Gasteiger partial charge in [0.25, 0.3) is 0 Å². The van der Waals surface area contributed by atoms with Gasteiger partial charge in [0.05, 0.1) is 15.9 Å². The number of rotatable bonds is 3. The maximum Gasteiger partial charge on any atom is 0.143 e. The van der Waals surface area contributed by atoms with Crippen molar-refractivity contribution >= 4 is 32.9 Å². The van der Waals surface area contributed by atoms with Gasteiger partial charge in [0.15, 0.2) is 0 Å². The highest BCUT2D eigenvalue weighted by molar-refractivity contribution is 7.21. The highest BCUT2D eigenvalue weighted by Crippen LogP contribution is 2.37. The van der Waals surface area contributed by atoms with E-state index in [1.807, 2.05) is 13.0 Å². The monoisotopic (exact) mass is 377 g/mol. The van der Waals surface area contributed by atoms with Crippen LogP contribution in [0.5, 0.6) is 17.2 Å². The Kier molecular flexibility index (Phi) is 4.21. The Morgan fingerprint density at radius 1 is 0.815 bits per heavy atom. The van der Waals surface area contributed by atoms with Gasteiger partial charge in [-0.3, -0.25) is 0 Å². The van der Waals surface area contributed by atoms with Gasteiger partial charge >= 0.3 is 0 Å². The lowest BCUT2D eigenvalue weighted by Gasteiger charge is -2.02. The number of aromatic nitrogens is 1. The molecule has 134 valence electrons. The van der Waals surface area contributed by atoms with Crippen molar-refractivity contribution in [3.05, 3.63) is 60.2 Å². The van der Waals surface area contributed by atoms with Crippen LogP contribution in [0.1, 0.15) is 5.56 Å². The highest BCUT2D eigenvalue weighted by Gasteiger charge is 2.10. The number of hydrogen-bond acceptors (Lipinski definition) is 7. The summed E-state index contributed by atoms with van der Waals surface area (Å²) >= 11 is 1.43. The van der Waals surface area contributed by atoms with Crippen molar-refractivity contribution < 1.29 is 15.3 Å². The Balaban J connectivity index is 1.64. The van der Waals surface area contributed by atoms with Crippen LogP contribution in [-0.2, 0) is 0 Å². The van der Waals surface area contributed by atoms with Gasteiger partial charge in [-0.2, -0.15) is 5.11 Å². The molecule has 3 N–H and O–H groups in total. The summed E-state index contributed by atoms with van der Waals surface area (Å²) in [6.45, 7) is 1.82. The number of nitrogens with zero attached hydrogens (tertiary/aromatic N) is 3. The first-order valence-electron chi connectivity index (χ1n) is 8.14. The number of hydrogen-bond donors (Lipinski definition) is 3. The molecule has 0 aliphatic rings. The quantitative estimate of drug-likeness (QED) is 0.393. The Hall–Kier alpha value is -3.45. The summed E-state index contributed by atoms with van der Waals surface area (Å²) in [7, 11) is 0. The van der Waals surface area contributed by atoms with Crippen LogP contribution < -0.4 is 0 Å². The van der Waals surface area contributed by atoms with Crippen LogP contribution in [-0.4, -0.2) is 20.3 Å². The van der Waals surface area contributed by atoms with Crippen molar-refractivity contribution in [1.29, 1.82) is 0 Å².